The number of carbonyl (C=O) groups excluding carboxylic acids is 5. The molecule has 5 aliphatic carbocycles. The second-order valence-electron chi connectivity index (χ2n) is 35.9. The molecule has 8 aromatic rings. The molecule has 5 amide bonds. The Morgan fingerprint density at radius 3 is 1.46 bits per heavy atom. The van der Waals surface area contributed by atoms with Gasteiger partial charge >= 0.3 is 24.2 Å². The highest BCUT2D eigenvalue weighted by Gasteiger charge is 2.56. The molecule has 124 heavy (non-hydrogen) atoms. The number of piperidine rings is 2. The molecular weight excluding hydrogens is 1600 g/mol. The van der Waals surface area contributed by atoms with Gasteiger partial charge in [0, 0.05) is 101 Å². The van der Waals surface area contributed by atoms with Crippen LogP contribution in [0.25, 0.3) is 67.0 Å². The zero-order valence-corrected chi connectivity index (χ0v) is 70.6. The number of halogens is 4. The maximum atomic E-state index is 16.7. The molecule has 0 radical (unpaired) electrons. The number of fused-ring (bicyclic) bond motifs is 12. The number of ether oxygens (including phenoxy) is 7. The minimum Gasteiger partial charge on any atom is -0.480 e. The largest absolute Gasteiger partial charge is 0.480 e. The Morgan fingerprint density at radius 2 is 0.960 bits per heavy atom. The number of aliphatic imine (C=N–C) groups is 2. The first-order valence-electron chi connectivity index (χ1n) is 43.1. The number of imidazole rings is 2. The molecule has 8 fully saturated rings. The number of aromatic amines is 2. The number of aliphatic carboxylic acids is 1. The molecule has 7 aliphatic heterocycles. The summed E-state index contributed by atoms with van der Waals surface area (Å²) in [6, 6.07) is 30.9. The normalized spacial score (nSPS) is 24.1. The van der Waals surface area contributed by atoms with Crippen LogP contribution in [0.15, 0.2) is 132 Å². The summed E-state index contributed by atoms with van der Waals surface area (Å²) in [7, 11) is 3.71. The molecule has 650 valence electrons. The average molecular weight is 1700 g/mol. The molecule has 2 spiro atoms. The molecule has 4 bridgehead atoms. The van der Waals surface area contributed by atoms with Crippen molar-refractivity contribution >= 4 is 58.9 Å². The fraction of sp³-hybridized carbons (Fsp3) is 0.468. The van der Waals surface area contributed by atoms with Gasteiger partial charge in [-0.1, -0.05) is 102 Å². The van der Waals surface area contributed by atoms with Crippen molar-refractivity contribution in [3.8, 4) is 67.0 Å². The number of nitrogens with zero attached hydrogens (tertiary/aromatic N) is 6. The summed E-state index contributed by atoms with van der Waals surface area (Å²) in [5, 5.41) is 20.0. The predicted molar refractivity (Wildman–Crippen MR) is 452 cm³/mol. The second kappa shape index (κ2) is 32.7. The van der Waals surface area contributed by atoms with E-state index in [4.69, 9.17) is 43.5 Å². The van der Waals surface area contributed by atoms with Crippen molar-refractivity contribution < 1.29 is 84.6 Å². The lowest BCUT2D eigenvalue weighted by atomic mass is 9.90. The molecular formula is C94H102F4N12O14. The Bertz CT molecular complexity index is 5630. The van der Waals surface area contributed by atoms with Crippen molar-refractivity contribution in [2.24, 2.45) is 39.6 Å². The van der Waals surface area contributed by atoms with Crippen molar-refractivity contribution in [3.05, 3.63) is 167 Å². The van der Waals surface area contributed by atoms with Crippen LogP contribution in [0.3, 0.4) is 0 Å². The second-order valence-corrected chi connectivity index (χ2v) is 35.9. The third kappa shape index (κ3) is 15.3. The number of hydrogen-bond acceptors (Lipinski definition) is 18. The predicted octanol–water partition coefficient (Wildman–Crippen LogP) is 15.7. The molecule has 7 N–H and O–H groups in total. The van der Waals surface area contributed by atoms with E-state index in [0.29, 0.717) is 101 Å². The Morgan fingerprint density at radius 1 is 0.508 bits per heavy atom. The molecule has 30 heteroatoms. The fourth-order valence-electron chi connectivity index (χ4n) is 21.0. The van der Waals surface area contributed by atoms with Crippen molar-refractivity contribution in [1.82, 2.24) is 51.0 Å². The van der Waals surface area contributed by atoms with Crippen LogP contribution in [0.2, 0.25) is 0 Å². The number of carbonyl (C=O) groups is 6. The van der Waals surface area contributed by atoms with Crippen molar-refractivity contribution in [2.45, 2.75) is 196 Å². The Hall–Kier alpha value is -11.2. The maximum Gasteiger partial charge on any atom is 0.407 e. The molecule has 11 atom stereocenters. The zero-order chi connectivity index (χ0) is 86.7. The Kier molecular flexibility index (Phi) is 22.1. The Balaban J connectivity index is 0.000000157. The van der Waals surface area contributed by atoms with E-state index in [1.807, 2.05) is 87.2 Å². The van der Waals surface area contributed by atoms with Gasteiger partial charge in [0.05, 0.1) is 102 Å². The topological polar surface area (TPSA) is 324 Å². The van der Waals surface area contributed by atoms with E-state index in [1.54, 1.807) is 67.5 Å². The average Bonchev–Trinajstić information content (AvgIpc) is 1.56. The van der Waals surface area contributed by atoms with Crippen molar-refractivity contribution in [3.63, 3.8) is 0 Å². The summed E-state index contributed by atoms with van der Waals surface area (Å²) in [6.45, 7) is 13.0. The summed E-state index contributed by atoms with van der Waals surface area (Å²) in [4.78, 5) is 103. The van der Waals surface area contributed by atoms with E-state index < -0.39 is 71.8 Å². The number of hydrogen-bond donors (Lipinski definition) is 7. The number of carboxylic acid groups (broad SMARTS) is 1. The monoisotopic (exact) mass is 1700 g/mol. The summed E-state index contributed by atoms with van der Waals surface area (Å²) < 4.78 is 104. The van der Waals surface area contributed by atoms with E-state index in [9.17, 15) is 28.8 Å². The number of alkyl carbamates (subject to hydrolysis) is 3. The molecule has 20 rings (SSSR count). The first-order chi connectivity index (χ1) is 59.5. The van der Waals surface area contributed by atoms with Gasteiger partial charge in [-0.25, -0.2) is 29.1 Å². The first-order valence-corrected chi connectivity index (χ1v) is 43.1. The number of likely N-dealkylation sites (tertiary alicyclic amines) is 2. The third-order valence-corrected chi connectivity index (χ3v) is 27.3. The van der Waals surface area contributed by atoms with E-state index in [1.165, 1.54) is 57.9 Å². The number of methoxy groups -OCH3 is 3. The molecule has 5 saturated heterocycles. The summed E-state index contributed by atoms with van der Waals surface area (Å²) in [5.41, 5.74) is 13.7. The van der Waals surface area contributed by atoms with Gasteiger partial charge in [-0.2, -0.15) is 17.6 Å². The van der Waals surface area contributed by atoms with Crippen molar-refractivity contribution in [1.29, 1.82) is 0 Å². The maximum absolute atomic E-state index is 16.7. The minimum atomic E-state index is -3.31. The highest BCUT2D eigenvalue weighted by Crippen LogP contribution is 2.57. The van der Waals surface area contributed by atoms with Crippen LogP contribution < -0.4 is 21.3 Å². The molecule has 9 heterocycles. The lowest BCUT2D eigenvalue weighted by molar-refractivity contribution is -0.153. The lowest BCUT2D eigenvalue weighted by Gasteiger charge is -2.38. The minimum absolute atomic E-state index is 0.0428. The third-order valence-electron chi connectivity index (χ3n) is 27.3. The number of aromatic nitrogens is 4. The summed E-state index contributed by atoms with van der Waals surface area (Å²) in [6.07, 6.45) is 12.0. The van der Waals surface area contributed by atoms with Gasteiger partial charge in [-0.3, -0.25) is 19.6 Å². The number of benzene rings is 6. The SMILES string of the molecule is COC(=O)N[C@H](C(=O)N1CC2(C[C@H]1c1ncc(-c3ccc4c(c3)C(F)(F)c3cc(-c5ccc6c(c5)CC([C@@H]5[C@@H]7CC[C@H](C7)N5C(=O)[C@@H](NC(=O)OC)C(C)C)=N6)ccc3-4)[nH]1)OCCO2)C(C)C.COC(=O)N[C@H](C(=O)O)C(C)C.FC1(F)c2cc(-c3ccc4c(c3)CC([C@H]3N[C@@H]5CC[C@@H]3C5)=N4)ccc2-c2ccc(-c3cnc([C@H]4CCC5(C4)OCCO5)[nH]3)cc21. The Labute approximate surface area is 714 Å². The smallest absolute Gasteiger partial charge is 0.407 e. The summed E-state index contributed by atoms with van der Waals surface area (Å²) >= 11 is 0. The van der Waals surface area contributed by atoms with Gasteiger partial charge in [0.15, 0.2) is 11.6 Å². The molecule has 0 unspecified atom stereocenters. The van der Waals surface area contributed by atoms with E-state index in [-0.39, 0.29) is 88.7 Å². The summed E-state index contributed by atoms with van der Waals surface area (Å²) in [5.74, 6) is -7.60. The van der Waals surface area contributed by atoms with Crippen LogP contribution in [0.5, 0.6) is 0 Å². The van der Waals surface area contributed by atoms with Gasteiger partial charge in [-0.05, 0) is 179 Å². The van der Waals surface area contributed by atoms with Crippen LogP contribution in [-0.4, -0.2) is 190 Å². The van der Waals surface area contributed by atoms with Gasteiger partial charge < -0.3 is 79.3 Å². The number of amides is 5. The number of H-pyrrole nitrogens is 2. The quantitative estimate of drug-likeness (QED) is 0.0329. The van der Waals surface area contributed by atoms with Gasteiger partial charge in [0.1, 0.15) is 29.8 Å². The number of rotatable bonds is 17. The molecule has 3 saturated carbocycles. The number of carboxylic acids is 1. The lowest BCUT2D eigenvalue weighted by Crippen LogP contribution is -2.57. The zero-order valence-electron chi connectivity index (χ0n) is 70.6. The van der Waals surface area contributed by atoms with E-state index in [0.717, 1.165) is 95.8 Å². The standard InChI is InChI=1S/C50H55F2N7O8.C37H34F2N4O2.C7H13NO4/c1-25(2)41(56-47(62)64-5)45(60)58-24-49(66-15-16-67-49)22-40(58)44-53-23-39(55-44)29-9-13-34-33-12-8-28(19-35(33)50(51,52)36(34)20-29)27-10-14-37-31(17-27)21-38(54-37)43-30-7-11-32(18-30)59(43)46(61)42(26(3)4)57-48(63)65-6;38-37(39)29-15-21(20-4-8-31-25(13-20)17-32(42-31)34-23-1-5-26(14-23)41-34)2-6-27(29)28-7-3-22(16-30(28)37)33-19-40-35(43-33)24-9-10-36(18-24)44-11-12-45-36;1-4(2)5(6(9)10)8-7(11)12-3/h8-10,12-14,17,19-20,23,25-26,30,32,40-43H,7,11,15-16,18,21-22,24H2,1-6H3,(H,53,55)(H,56,62)(H,57,63);2-4,6-8,13,15-16,19,23-24,26,34,41H,1,5,9-12,14,17-18H2,(H,40,43);4-5H,1-3H3,(H,8,11)(H,9,10)/t30-,32-,40+,41+,42+,43+;23-,24+,26-,34+;5-/m110/s1. The van der Waals surface area contributed by atoms with E-state index in [2.05, 4.69) is 58.1 Å². The molecule has 12 aliphatic rings. The first kappa shape index (κ1) is 83.7. The van der Waals surface area contributed by atoms with Gasteiger partial charge in [0.2, 0.25) is 11.8 Å². The molecule has 6 aromatic carbocycles. The van der Waals surface area contributed by atoms with E-state index >= 15 is 17.6 Å². The highest BCUT2D eigenvalue weighted by atomic mass is 19.3. The van der Waals surface area contributed by atoms with Crippen LogP contribution in [0.4, 0.5) is 43.3 Å². The van der Waals surface area contributed by atoms with Crippen molar-refractivity contribution in [2.75, 3.05) is 54.3 Å². The van der Waals surface area contributed by atoms with Crippen LogP contribution in [0.1, 0.15) is 163 Å². The fourth-order valence-corrected chi connectivity index (χ4v) is 21.0. The van der Waals surface area contributed by atoms with Crippen LogP contribution >= 0.6 is 0 Å². The number of nitrogens with one attached hydrogen (secondary N) is 6. The molecule has 2 aromatic heterocycles. The van der Waals surface area contributed by atoms with Gasteiger partial charge in [-0.15, -0.1) is 0 Å². The van der Waals surface area contributed by atoms with Crippen LogP contribution in [0, 0.1) is 29.6 Å². The number of alkyl halides is 4. The van der Waals surface area contributed by atoms with Crippen LogP contribution in [-0.2, 0) is 72.2 Å². The highest BCUT2D eigenvalue weighted by molar-refractivity contribution is 6.03. The molecule has 26 nitrogen and oxygen atoms in total. The van der Waals surface area contributed by atoms with Gasteiger partial charge in [0.25, 0.3) is 11.8 Å².